The van der Waals surface area contributed by atoms with Gasteiger partial charge in [-0.2, -0.15) is 0 Å². The quantitative estimate of drug-likeness (QED) is 0.708. The van der Waals surface area contributed by atoms with E-state index in [0.717, 1.165) is 47.7 Å². The molecule has 0 spiro atoms. The molecule has 5 aliphatic rings. The van der Waals surface area contributed by atoms with Crippen LogP contribution in [0.4, 0.5) is 0 Å². The molecule has 2 N–H and O–H groups in total. The van der Waals surface area contributed by atoms with Crippen LogP contribution in [0.1, 0.15) is 51.4 Å². The largest absolute Gasteiger partial charge is 0.388 e. The molecule has 0 bridgehead atoms. The fraction of sp³-hybridized carbons (Fsp3) is 0.889. The molecule has 0 aromatic carbocycles. The lowest BCUT2D eigenvalue weighted by molar-refractivity contribution is 0.0282. The Hall–Kier alpha value is -0.500. The summed E-state index contributed by atoms with van der Waals surface area (Å²) >= 11 is 0. The molecule has 1 saturated heterocycles. The molecule has 2 heteroatoms. The van der Waals surface area contributed by atoms with Crippen molar-refractivity contribution in [1.29, 1.82) is 0 Å². The second kappa shape index (κ2) is 4.50. The van der Waals surface area contributed by atoms with Gasteiger partial charge in [-0.25, -0.2) is 0 Å². The van der Waals surface area contributed by atoms with Gasteiger partial charge in [0.25, 0.3) is 0 Å². The van der Waals surface area contributed by atoms with Gasteiger partial charge < -0.3 is 10.6 Å². The first-order valence-corrected chi connectivity index (χ1v) is 9.10. The summed E-state index contributed by atoms with van der Waals surface area (Å²) in [5, 5.41) is 7.82. The topological polar surface area (TPSA) is 24.1 Å². The smallest absolute Gasteiger partial charge is 0.0353 e. The third-order valence-corrected chi connectivity index (χ3v) is 7.42. The van der Waals surface area contributed by atoms with Gasteiger partial charge in [0.15, 0.2) is 0 Å². The minimum absolute atomic E-state index is 0.782. The first-order chi connectivity index (χ1) is 9.92. The van der Waals surface area contributed by atoms with Crippen LogP contribution in [0.25, 0.3) is 0 Å². The van der Waals surface area contributed by atoms with E-state index >= 15 is 0 Å². The maximum Gasteiger partial charge on any atom is 0.0353 e. The van der Waals surface area contributed by atoms with Crippen molar-refractivity contribution in [3.63, 3.8) is 0 Å². The van der Waals surface area contributed by atoms with Crippen molar-refractivity contribution < 1.29 is 0 Å². The van der Waals surface area contributed by atoms with E-state index in [9.17, 15) is 0 Å². The average Bonchev–Trinajstić information content (AvgIpc) is 3.10. The number of nitrogens with one attached hydrogen (secondary N) is 2. The minimum atomic E-state index is 0.782. The number of rotatable bonds is 0. The second-order valence-corrected chi connectivity index (χ2v) is 8.11. The van der Waals surface area contributed by atoms with Crippen LogP contribution in [0.3, 0.4) is 0 Å². The third kappa shape index (κ3) is 1.60. The molecular formula is C18H28N2. The van der Waals surface area contributed by atoms with Gasteiger partial charge in [-0.1, -0.05) is 18.9 Å². The number of fused-ring (bicyclic) bond motifs is 7. The molecule has 3 saturated carbocycles. The second-order valence-electron chi connectivity index (χ2n) is 8.11. The highest BCUT2D eigenvalue weighted by Crippen LogP contribution is 2.54. The van der Waals surface area contributed by atoms with Crippen molar-refractivity contribution in [1.82, 2.24) is 10.6 Å². The first-order valence-electron chi connectivity index (χ1n) is 9.10. The fourth-order valence-corrected chi connectivity index (χ4v) is 6.72. The fourth-order valence-electron chi connectivity index (χ4n) is 6.72. The normalized spacial score (nSPS) is 56.4. The van der Waals surface area contributed by atoms with Gasteiger partial charge in [-0.05, 0) is 74.3 Å². The number of hydrogen-bond donors (Lipinski definition) is 2. The standard InChI is InChI=1S/C18H28N2/c1-2-4-14-13(3-1)17-15(20-14)8-7-11-5-6-12-9-10-19-18(12)16(11)17/h9-20H,1-8H2. The molecule has 0 aromatic rings. The molecule has 3 aliphatic carbocycles. The highest BCUT2D eigenvalue weighted by Gasteiger charge is 2.55. The van der Waals surface area contributed by atoms with Gasteiger partial charge in [0.1, 0.15) is 0 Å². The zero-order valence-electron chi connectivity index (χ0n) is 12.4. The Bertz CT molecular complexity index is 418. The molecule has 8 atom stereocenters. The summed E-state index contributed by atoms with van der Waals surface area (Å²) in [5.74, 6) is 4.81. The number of hydrogen-bond acceptors (Lipinski definition) is 2. The summed E-state index contributed by atoms with van der Waals surface area (Å²) in [6, 6.07) is 2.50. The van der Waals surface area contributed by atoms with E-state index in [1.54, 1.807) is 0 Å². The van der Waals surface area contributed by atoms with Crippen molar-refractivity contribution in [2.24, 2.45) is 29.6 Å². The lowest BCUT2D eigenvalue weighted by Crippen LogP contribution is -2.53. The van der Waals surface area contributed by atoms with Crippen LogP contribution in [-0.2, 0) is 0 Å². The van der Waals surface area contributed by atoms with Gasteiger partial charge in [0.05, 0.1) is 0 Å². The van der Waals surface area contributed by atoms with Crippen molar-refractivity contribution >= 4 is 0 Å². The van der Waals surface area contributed by atoms with E-state index in [1.807, 2.05) is 0 Å². The van der Waals surface area contributed by atoms with Crippen molar-refractivity contribution in [3.8, 4) is 0 Å². The van der Waals surface area contributed by atoms with Crippen LogP contribution >= 0.6 is 0 Å². The summed E-state index contributed by atoms with van der Waals surface area (Å²) < 4.78 is 0. The molecule has 20 heavy (non-hydrogen) atoms. The van der Waals surface area contributed by atoms with E-state index < -0.39 is 0 Å². The predicted octanol–water partition coefficient (Wildman–Crippen LogP) is 3.05. The third-order valence-electron chi connectivity index (χ3n) is 7.42. The Morgan fingerprint density at radius 3 is 2.70 bits per heavy atom. The van der Waals surface area contributed by atoms with Crippen molar-refractivity contribution in [2.75, 3.05) is 0 Å². The highest BCUT2D eigenvalue weighted by molar-refractivity contribution is 5.14. The molecule has 2 heterocycles. The average molecular weight is 272 g/mol. The van der Waals surface area contributed by atoms with Gasteiger partial charge in [-0.3, -0.25) is 0 Å². The monoisotopic (exact) mass is 272 g/mol. The molecule has 0 radical (unpaired) electrons. The molecule has 2 nitrogen and oxygen atoms in total. The van der Waals surface area contributed by atoms with Crippen LogP contribution in [0, 0.1) is 29.6 Å². The van der Waals surface area contributed by atoms with Crippen LogP contribution < -0.4 is 10.6 Å². The summed E-state index contributed by atoms with van der Waals surface area (Å²) in [7, 11) is 0. The van der Waals surface area contributed by atoms with E-state index in [2.05, 4.69) is 22.9 Å². The van der Waals surface area contributed by atoms with Crippen LogP contribution in [0.2, 0.25) is 0 Å². The van der Waals surface area contributed by atoms with Crippen LogP contribution in [0.5, 0.6) is 0 Å². The lowest BCUT2D eigenvalue weighted by atomic mass is 9.56. The summed E-state index contributed by atoms with van der Waals surface area (Å²) in [4.78, 5) is 0. The summed E-state index contributed by atoms with van der Waals surface area (Å²) in [6.45, 7) is 0. The van der Waals surface area contributed by atoms with E-state index in [1.165, 1.54) is 51.4 Å². The minimum Gasteiger partial charge on any atom is -0.388 e. The first kappa shape index (κ1) is 12.1. The maximum absolute atomic E-state index is 4.06. The van der Waals surface area contributed by atoms with Gasteiger partial charge >= 0.3 is 0 Å². The summed E-state index contributed by atoms with van der Waals surface area (Å²) in [6.07, 6.45) is 16.5. The Kier molecular flexibility index (Phi) is 2.72. The molecular weight excluding hydrogens is 244 g/mol. The highest BCUT2D eigenvalue weighted by atomic mass is 15.0. The van der Waals surface area contributed by atoms with Crippen molar-refractivity contribution in [2.45, 2.75) is 69.5 Å². The molecule has 110 valence electrons. The molecule has 0 aromatic heterocycles. The van der Waals surface area contributed by atoms with Gasteiger partial charge in [0, 0.05) is 18.1 Å². The SMILES string of the molecule is C1=CC2CCC3CCC4NC5CCCCC5C4C3C2N1. The molecule has 4 fully saturated rings. The van der Waals surface area contributed by atoms with Gasteiger partial charge in [0.2, 0.25) is 0 Å². The van der Waals surface area contributed by atoms with E-state index in [0.29, 0.717) is 0 Å². The molecule has 8 unspecified atom stereocenters. The van der Waals surface area contributed by atoms with Crippen molar-refractivity contribution in [3.05, 3.63) is 12.3 Å². The van der Waals surface area contributed by atoms with Gasteiger partial charge in [-0.15, -0.1) is 0 Å². The lowest BCUT2D eigenvalue weighted by Gasteiger charge is -2.50. The zero-order chi connectivity index (χ0) is 13.1. The zero-order valence-corrected chi connectivity index (χ0v) is 12.4. The Labute approximate surface area is 122 Å². The Morgan fingerprint density at radius 1 is 0.800 bits per heavy atom. The molecule has 5 rings (SSSR count). The van der Waals surface area contributed by atoms with E-state index in [-0.39, 0.29) is 0 Å². The molecule has 0 amide bonds. The summed E-state index contributed by atoms with van der Waals surface area (Å²) in [5.41, 5.74) is 0. The molecule has 2 aliphatic heterocycles. The Morgan fingerprint density at radius 2 is 1.70 bits per heavy atom. The van der Waals surface area contributed by atoms with Crippen LogP contribution in [-0.4, -0.2) is 18.1 Å². The van der Waals surface area contributed by atoms with Crippen LogP contribution in [0.15, 0.2) is 12.3 Å². The maximum atomic E-state index is 4.06. The predicted molar refractivity (Wildman–Crippen MR) is 81.2 cm³/mol. The Balaban J connectivity index is 1.48. The van der Waals surface area contributed by atoms with E-state index in [4.69, 9.17) is 0 Å².